The van der Waals surface area contributed by atoms with Crippen LogP contribution in [0.2, 0.25) is 0 Å². The molecular formula is C25H34N2O6. The Bertz CT molecular complexity index is 981. The van der Waals surface area contributed by atoms with Gasteiger partial charge >= 0.3 is 5.97 Å². The summed E-state index contributed by atoms with van der Waals surface area (Å²) in [5.41, 5.74) is 2.21. The van der Waals surface area contributed by atoms with Crippen molar-refractivity contribution in [2.75, 3.05) is 0 Å². The number of hydrogen-bond donors (Lipinski definition) is 3. The lowest BCUT2D eigenvalue weighted by Gasteiger charge is -2.38. The molecule has 0 aliphatic heterocycles. The van der Waals surface area contributed by atoms with Crippen LogP contribution < -0.4 is 10.6 Å². The summed E-state index contributed by atoms with van der Waals surface area (Å²) in [5, 5.41) is 16.0. The molecule has 0 saturated heterocycles. The predicted molar refractivity (Wildman–Crippen MR) is 124 cm³/mol. The van der Waals surface area contributed by atoms with Gasteiger partial charge < -0.3 is 29.3 Å². The molecule has 2 heterocycles. The van der Waals surface area contributed by atoms with Gasteiger partial charge in [-0.1, -0.05) is 13.8 Å². The SMILES string of the molecule is CCC(CC)O[C@@H]1C=C(C(=O)O)C[C@H](NCc2ccc(-c3c(C)coc3C)o2)[C@H]1NC(C)=O. The smallest absolute Gasteiger partial charge is 0.331 e. The fraction of sp³-hybridized carbons (Fsp3) is 0.520. The molecule has 2 aromatic rings. The molecule has 0 unspecified atom stereocenters. The highest BCUT2D eigenvalue weighted by Crippen LogP contribution is 2.30. The molecule has 3 N–H and O–H groups in total. The second-order valence-electron chi connectivity index (χ2n) is 8.57. The third-order valence-electron chi connectivity index (χ3n) is 6.10. The maximum Gasteiger partial charge on any atom is 0.331 e. The number of aryl methyl sites for hydroxylation is 2. The number of amides is 1. The minimum absolute atomic E-state index is 0.0228. The molecular weight excluding hydrogens is 424 g/mol. The third-order valence-corrected chi connectivity index (χ3v) is 6.10. The number of rotatable bonds is 10. The maximum atomic E-state index is 12.0. The summed E-state index contributed by atoms with van der Waals surface area (Å²) in [6, 6.07) is 3.04. The number of carboxylic acids is 1. The Kier molecular flexibility index (Phi) is 8.15. The van der Waals surface area contributed by atoms with Crippen LogP contribution in [0.3, 0.4) is 0 Å². The van der Waals surface area contributed by atoms with Crippen molar-refractivity contribution < 1.29 is 28.3 Å². The standard InChI is InChI=1S/C25H34N2O6/c1-6-18(7-2)32-22-11-17(25(29)30)10-20(24(22)27-16(5)28)26-12-19-8-9-21(33-19)23-14(3)13-31-15(23)4/h8-9,11,13,18,20,22,24,26H,6-7,10,12H2,1-5H3,(H,27,28)(H,29,30)/t20-,22+,24+/m0/s1. The van der Waals surface area contributed by atoms with Crippen molar-refractivity contribution in [2.24, 2.45) is 0 Å². The Labute approximate surface area is 194 Å². The van der Waals surface area contributed by atoms with E-state index in [4.69, 9.17) is 13.6 Å². The first-order valence-electron chi connectivity index (χ1n) is 11.5. The molecule has 3 rings (SSSR count). The number of ether oxygens (including phenoxy) is 1. The van der Waals surface area contributed by atoms with Gasteiger partial charge in [-0.25, -0.2) is 4.79 Å². The van der Waals surface area contributed by atoms with E-state index in [9.17, 15) is 14.7 Å². The molecule has 8 heteroatoms. The number of aliphatic carboxylic acids is 1. The van der Waals surface area contributed by atoms with E-state index in [0.717, 1.165) is 35.5 Å². The fourth-order valence-electron chi connectivity index (χ4n) is 4.34. The lowest BCUT2D eigenvalue weighted by atomic mass is 9.87. The topological polar surface area (TPSA) is 114 Å². The van der Waals surface area contributed by atoms with Gasteiger partial charge in [0.2, 0.25) is 5.91 Å². The van der Waals surface area contributed by atoms with Crippen molar-refractivity contribution in [3.8, 4) is 11.3 Å². The summed E-state index contributed by atoms with van der Waals surface area (Å²) in [4.78, 5) is 23.8. The van der Waals surface area contributed by atoms with Crippen LogP contribution in [-0.4, -0.2) is 41.3 Å². The molecule has 180 valence electrons. The van der Waals surface area contributed by atoms with E-state index < -0.39 is 18.1 Å². The van der Waals surface area contributed by atoms with Crippen LogP contribution in [0.5, 0.6) is 0 Å². The summed E-state index contributed by atoms with van der Waals surface area (Å²) in [7, 11) is 0. The Balaban J connectivity index is 1.80. The van der Waals surface area contributed by atoms with Gasteiger partial charge in [0, 0.05) is 18.5 Å². The third kappa shape index (κ3) is 5.94. The average Bonchev–Trinajstić information content (AvgIpc) is 3.36. The zero-order chi connectivity index (χ0) is 24.1. The molecule has 2 aromatic heterocycles. The van der Waals surface area contributed by atoms with Gasteiger partial charge in [0.25, 0.3) is 0 Å². The number of furan rings is 2. The predicted octanol–water partition coefficient (Wildman–Crippen LogP) is 4.11. The number of carboxylic acid groups (broad SMARTS) is 1. The molecule has 8 nitrogen and oxygen atoms in total. The van der Waals surface area contributed by atoms with E-state index in [-0.39, 0.29) is 30.0 Å². The molecule has 0 spiro atoms. The molecule has 1 aliphatic rings. The normalized spacial score (nSPS) is 20.7. The van der Waals surface area contributed by atoms with Crippen LogP contribution in [0.15, 0.2) is 38.9 Å². The quantitative estimate of drug-likeness (QED) is 0.491. The maximum absolute atomic E-state index is 12.0. The van der Waals surface area contributed by atoms with Crippen molar-refractivity contribution in [3.63, 3.8) is 0 Å². The summed E-state index contributed by atoms with van der Waals surface area (Å²) >= 11 is 0. The molecule has 0 aromatic carbocycles. The van der Waals surface area contributed by atoms with E-state index in [1.165, 1.54) is 6.92 Å². The zero-order valence-electron chi connectivity index (χ0n) is 19.9. The lowest BCUT2D eigenvalue weighted by molar-refractivity contribution is -0.133. The summed E-state index contributed by atoms with van der Waals surface area (Å²) in [6.07, 6.45) is 4.63. The summed E-state index contributed by atoms with van der Waals surface area (Å²) in [5.74, 6) is 1.04. The van der Waals surface area contributed by atoms with Gasteiger partial charge in [-0.05, 0) is 56.9 Å². The molecule has 1 amide bonds. The number of nitrogens with one attached hydrogen (secondary N) is 2. The van der Waals surface area contributed by atoms with Gasteiger partial charge in [-0.3, -0.25) is 4.79 Å². The van der Waals surface area contributed by atoms with E-state index in [1.54, 1.807) is 12.3 Å². The first-order valence-corrected chi connectivity index (χ1v) is 11.5. The van der Waals surface area contributed by atoms with Gasteiger partial charge in [0.1, 0.15) is 17.3 Å². The molecule has 0 saturated carbocycles. The number of hydrogen-bond acceptors (Lipinski definition) is 6. The van der Waals surface area contributed by atoms with Crippen LogP contribution in [0.1, 0.15) is 57.1 Å². The van der Waals surface area contributed by atoms with Crippen LogP contribution >= 0.6 is 0 Å². The number of carbonyl (C=O) groups is 2. The average molecular weight is 459 g/mol. The molecule has 3 atom stereocenters. The van der Waals surface area contributed by atoms with Gasteiger partial charge in [0.05, 0.1) is 36.6 Å². The Morgan fingerprint density at radius 1 is 1.24 bits per heavy atom. The van der Waals surface area contributed by atoms with Gasteiger partial charge in [0.15, 0.2) is 0 Å². The Hall–Kier alpha value is -2.84. The van der Waals surface area contributed by atoms with E-state index >= 15 is 0 Å². The minimum atomic E-state index is -0.979. The first-order chi connectivity index (χ1) is 15.7. The van der Waals surface area contributed by atoms with E-state index in [2.05, 4.69) is 10.6 Å². The van der Waals surface area contributed by atoms with E-state index in [0.29, 0.717) is 12.3 Å². The lowest BCUT2D eigenvalue weighted by Crippen LogP contribution is -2.58. The minimum Gasteiger partial charge on any atom is -0.478 e. The second-order valence-corrected chi connectivity index (χ2v) is 8.57. The highest BCUT2D eigenvalue weighted by molar-refractivity contribution is 5.87. The fourth-order valence-corrected chi connectivity index (χ4v) is 4.34. The number of carbonyl (C=O) groups excluding carboxylic acids is 1. The van der Waals surface area contributed by atoms with Gasteiger partial charge in [-0.15, -0.1) is 0 Å². The zero-order valence-corrected chi connectivity index (χ0v) is 19.9. The highest BCUT2D eigenvalue weighted by Gasteiger charge is 2.37. The molecule has 33 heavy (non-hydrogen) atoms. The van der Waals surface area contributed by atoms with Gasteiger partial charge in [-0.2, -0.15) is 0 Å². The largest absolute Gasteiger partial charge is 0.478 e. The van der Waals surface area contributed by atoms with Crippen molar-refractivity contribution in [1.82, 2.24) is 10.6 Å². The summed E-state index contributed by atoms with van der Waals surface area (Å²) < 4.78 is 17.7. The monoisotopic (exact) mass is 458 g/mol. The van der Waals surface area contributed by atoms with Crippen molar-refractivity contribution in [3.05, 3.63) is 47.1 Å². The van der Waals surface area contributed by atoms with Crippen LogP contribution in [0, 0.1) is 13.8 Å². The van der Waals surface area contributed by atoms with Crippen LogP contribution in [0.25, 0.3) is 11.3 Å². The Morgan fingerprint density at radius 3 is 2.55 bits per heavy atom. The second kappa shape index (κ2) is 10.9. The first kappa shape index (κ1) is 24.8. The molecule has 0 radical (unpaired) electrons. The van der Waals surface area contributed by atoms with Crippen LogP contribution in [0.4, 0.5) is 0 Å². The van der Waals surface area contributed by atoms with Crippen LogP contribution in [-0.2, 0) is 20.9 Å². The van der Waals surface area contributed by atoms with Crippen molar-refractivity contribution in [2.45, 2.75) is 84.7 Å². The van der Waals surface area contributed by atoms with Crippen molar-refractivity contribution in [1.29, 1.82) is 0 Å². The summed E-state index contributed by atoms with van der Waals surface area (Å²) in [6.45, 7) is 9.74. The molecule has 0 fully saturated rings. The van der Waals surface area contributed by atoms with Crippen molar-refractivity contribution >= 4 is 11.9 Å². The molecule has 1 aliphatic carbocycles. The molecule has 0 bridgehead atoms. The van der Waals surface area contributed by atoms with E-state index in [1.807, 2.05) is 39.8 Å². The highest BCUT2D eigenvalue weighted by atomic mass is 16.5. The Morgan fingerprint density at radius 2 is 1.97 bits per heavy atom.